The predicted octanol–water partition coefficient (Wildman–Crippen LogP) is 1.68. The first kappa shape index (κ1) is 26.5. The zero-order valence-electron chi connectivity index (χ0n) is 20.1. The molecule has 2 aromatic carbocycles. The highest BCUT2D eigenvalue weighted by Gasteiger charge is 2.22. The fourth-order valence-electron chi connectivity index (χ4n) is 3.67. The minimum atomic E-state index is -0.501. The van der Waals surface area contributed by atoms with Crippen molar-refractivity contribution >= 4 is 40.5 Å². The van der Waals surface area contributed by atoms with Crippen LogP contribution in [-0.2, 0) is 17.9 Å². The SMILES string of the molecule is CCNN(CC)c1nc(Cl)c(-c2cc(N)cc(N)c2)n(CC(=O)NCc2ccc(C(=N)N)cc2)c1=O. The maximum Gasteiger partial charge on any atom is 0.295 e. The summed E-state index contributed by atoms with van der Waals surface area (Å²) < 4.78 is 1.27. The minimum absolute atomic E-state index is 0.0265. The first-order chi connectivity index (χ1) is 17.1. The number of rotatable bonds is 10. The van der Waals surface area contributed by atoms with Gasteiger partial charge in [-0.15, -0.1) is 0 Å². The van der Waals surface area contributed by atoms with E-state index in [1.54, 1.807) is 47.5 Å². The summed E-state index contributed by atoms with van der Waals surface area (Å²) in [6.07, 6.45) is 0. The van der Waals surface area contributed by atoms with E-state index in [4.69, 9.17) is 34.2 Å². The fourth-order valence-corrected chi connectivity index (χ4v) is 3.96. The molecule has 0 aliphatic carbocycles. The maximum absolute atomic E-state index is 13.6. The van der Waals surface area contributed by atoms with Crippen molar-refractivity contribution in [3.63, 3.8) is 0 Å². The van der Waals surface area contributed by atoms with Crippen LogP contribution in [0.1, 0.15) is 25.0 Å². The quantitative estimate of drug-likeness (QED) is 0.103. The van der Waals surface area contributed by atoms with E-state index in [9.17, 15) is 9.59 Å². The summed E-state index contributed by atoms with van der Waals surface area (Å²) in [5.41, 5.74) is 22.8. The van der Waals surface area contributed by atoms with E-state index in [2.05, 4.69) is 15.7 Å². The largest absolute Gasteiger partial charge is 0.399 e. The molecule has 1 aromatic heterocycles. The molecule has 0 bridgehead atoms. The number of nitrogens with zero attached hydrogens (tertiary/aromatic N) is 3. The molecule has 0 saturated carbocycles. The van der Waals surface area contributed by atoms with Crippen molar-refractivity contribution in [2.24, 2.45) is 5.73 Å². The van der Waals surface area contributed by atoms with Crippen molar-refractivity contribution in [1.29, 1.82) is 5.41 Å². The van der Waals surface area contributed by atoms with Gasteiger partial charge in [-0.2, -0.15) is 0 Å². The third-order valence-corrected chi connectivity index (χ3v) is 5.60. The molecule has 0 radical (unpaired) electrons. The first-order valence-corrected chi connectivity index (χ1v) is 11.7. The van der Waals surface area contributed by atoms with Crippen LogP contribution in [0.25, 0.3) is 11.3 Å². The number of hydrogen-bond acceptors (Lipinski definition) is 8. The van der Waals surface area contributed by atoms with Crippen LogP contribution in [0.15, 0.2) is 47.3 Å². The van der Waals surface area contributed by atoms with Gasteiger partial charge in [0.2, 0.25) is 11.7 Å². The number of benzene rings is 2. The van der Waals surface area contributed by atoms with E-state index >= 15 is 0 Å². The number of aromatic nitrogens is 2. The molecule has 0 fully saturated rings. The number of amides is 1. The molecule has 0 atom stereocenters. The lowest BCUT2D eigenvalue weighted by Crippen LogP contribution is -2.44. The van der Waals surface area contributed by atoms with Gasteiger partial charge in [0, 0.05) is 42.1 Å². The van der Waals surface area contributed by atoms with Crippen molar-refractivity contribution < 1.29 is 4.79 Å². The Morgan fingerprint density at radius 1 is 1.14 bits per heavy atom. The van der Waals surface area contributed by atoms with Gasteiger partial charge < -0.3 is 22.5 Å². The highest BCUT2D eigenvalue weighted by atomic mass is 35.5. The fraction of sp³-hybridized carbons (Fsp3) is 0.250. The molecule has 0 spiro atoms. The molecule has 0 aliphatic heterocycles. The Labute approximate surface area is 213 Å². The van der Waals surface area contributed by atoms with Gasteiger partial charge in [-0.05, 0) is 30.7 Å². The molecule has 12 heteroatoms. The van der Waals surface area contributed by atoms with Gasteiger partial charge in [0.25, 0.3) is 5.56 Å². The van der Waals surface area contributed by atoms with Crippen molar-refractivity contribution in [1.82, 2.24) is 20.3 Å². The summed E-state index contributed by atoms with van der Waals surface area (Å²) >= 11 is 6.58. The van der Waals surface area contributed by atoms with Crippen molar-refractivity contribution in [3.05, 3.63) is 69.1 Å². The molecule has 190 valence electrons. The molecule has 11 nitrogen and oxygen atoms in total. The average Bonchev–Trinajstić information content (AvgIpc) is 2.83. The van der Waals surface area contributed by atoms with Crippen LogP contribution >= 0.6 is 11.6 Å². The topological polar surface area (TPSA) is 181 Å². The number of carbonyl (C=O) groups excluding carboxylic acids is 1. The van der Waals surface area contributed by atoms with E-state index in [1.165, 1.54) is 4.57 Å². The summed E-state index contributed by atoms with van der Waals surface area (Å²) in [6, 6.07) is 11.7. The number of hydrogen-bond donors (Lipinski definition) is 6. The average molecular weight is 512 g/mol. The van der Waals surface area contributed by atoms with E-state index < -0.39 is 11.5 Å². The third-order valence-electron chi connectivity index (χ3n) is 5.33. The number of carbonyl (C=O) groups is 1. The molecule has 36 heavy (non-hydrogen) atoms. The molecule has 0 saturated heterocycles. The smallest absolute Gasteiger partial charge is 0.295 e. The van der Waals surface area contributed by atoms with Crippen molar-refractivity contribution in [2.45, 2.75) is 26.9 Å². The number of nitrogens with one attached hydrogen (secondary N) is 3. The van der Waals surface area contributed by atoms with Crippen molar-refractivity contribution in [3.8, 4) is 11.3 Å². The molecule has 9 N–H and O–H groups in total. The Bertz CT molecular complexity index is 1300. The summed E-state index contributed by atoms with van der Waals surface area (Å²) in [6.45, 7) is 4.66. The number of nitrogen functional groups attached to an aromatic ring is 3. The van der Waals surface area contributed by atoms with Gasteiger partial charge in [0.05, 0.1) is 5.69 Å². The molecule has 3 aromatic rings. The highest BCUT2D eigenvalue weighted by Crippen LogP contribution is 2.30. The first-order valence-electron chi connectivity index (χ1n) is 11.3. The molecular formula is C24H30ClN9O2. The zero-order valence-corrected chi connectivity index (χ0v) is 20.9. The lowest BCUT2D eigenvalue weighted by atomic mass is 10.1. The second-order valence-electron chi connectivity index (χ2n) is 8.00. The Morgan fingerprint density at radius 3 is 2.33 bits per heavy atom. The lowest BCUT2D eigenvalue weighted by Gasteiger charge is -2.24. The van der Waals surface area contributed by atoms with Gasteiger partial charge in [-0.1, -0.05) is 42.8 Å². The monoisotopic (exact) mass is 511 g/mol. The van der Waals surface area contributed by atoms with Gasteiger partial charge in [-0.25, -0.2) is 10.4 Å². The van der Waals surface area contributed by atoms with Crippen molar-refractivity contribution in [2.75, 3.05) is 29.6 Å². The Kier molecular flexibility index (Phi) is 8.51. The highest BCUT2D eigenvalue weighted by molar-refractivity contribution is 6.32. The Balaban J connectivity index is 1.99. The number of anilines is 3. The molecule has 1 heterocycles. The number of amidine groups is 1. The zero-order chi connectivity index (χ0) is 26.4. The van der Waals surface area contributed by atoms with E-state index in [0.29, 0.717) is 35.6 Å². The van der Waals surface area contributed by atoms with Gasteiger partial charge >= 0.3 is 0 Å². The van der Waals surface area contributed by atoms with Crippen LogP contribution < -0.4 is 38.5 Å². The Morgan fingerprint density at radius 2 is 1.78 bits per heavy atom. The van der Waals surface area contributed by atoms with Crippen LogP contribution in [0.5, 0.6) is 0 Å². The number of nitrogens with two attached hydrogens (primary N) is 3. The number of halogens is 1. The molecule has 0 aliphatic rings. The minimum Gasteiger partial charge on any atom is -0.399 e. The lowest BCUT2D eigenvalue weighted by molar-refractivity contribution is -0.121. The second kappa shape index (κ2) is 11.6. The van der Waals surface area contributed by atoms with Crippen LogP contribution in [0.2, 0.25) is 5.15 Å². The second-order valence-corrected chi connectivity index (χ2v) is 8.36. The molecule has 3 rings (SSSR count). The van der Waals surface area contributed by atoms with Crippen LogP contribution in [0, 0.1) is 5.41 Å². The summed E-state index contributed by atoms with van der Waals surface area (Å²) in [7, 11) is 0. The van der Waals surface area contributed by atoms with Gasteiger partial charge in [-0.3, -0.25) is 24.6 Å². The maximum atomic E-state index is 13.6. The Hall–Kier alpha value is -4.09. The molecular weight excluding hydrogens is 482 g/mol. The normalized spacial score (nSPS) is 10.8. The summed E-state index contributed by atoms with van der Waals surface area (Å²) in [4.78, 5) is 30.8. The van der Waals surface area contributed by atoms with Crippen LogP contribution in [0.4, 0.5) is 17.2 Å². The third kappa shape index (κ3) is 6.12. The summed E-state index contributed by atoms with van der Waals surface area (Å²) in [5, 5.41) is 11.9. The predicted molar refractivity (Wildman–Crippen MR) is 144 cm³/mol. The summed E-state index contributed by atoms with van der Waals surface area (Å²) in [5.74, 6) is -0.382. The standard InChI is InChI=1S/C24H30ClN9O2/c1-3-31-34(4-2)23-24(36)33(20(21(25)32-23)16-9-17(26)11-18(27)10-16)13-19(35)30-12-14-5-7-15(8-6-14)22(28)29/h5-11,31H,3-4,12-13,26-27H2,1-2H3,(H3,28,29)(H,30,35). The van der Waals surface area contributed by atoms with E-state index in [1.807, 2.05) is 13.8 Å². The van der Waals surface area contributed by atoms with Crippen LogP contribution in [0.3, 0.4) is 0 Å². The van der Waals surface area contributed by atoms with Gasteiger partial charge in [0.1, 0.15) is 12.4 Å². The van der Waals surface area contributed by atoms with E-state index in [0.717, 1.165) is 5.56 Å². The molecule has 1 amide bonds. The number of hydrazine groups is 1. The van der Waals surface area contributed by atoms with Gasteiger partial charge in [0.15, 0.2) is 5.15 Å². The van der Waals surface area contributed by atoms with Crippen LogP contribution in [-0.4, -0.2) is 34.4 Å². The van der Waals surface area contributed by atoms with E-state index in [-0.39, 0.29) is 35.6 Å². The molecule has 0 unspecified atom stereocenters.